The Morgan fingerprint density at radius 2 is 1.96 bits per heavy atom. The summed E-state index contributed by atoms with van der Waals surface area (Å²) in [4.78, 5) is 3.91. The van der Waals surface area contributed by atoms with Crippen molar-refractivity contribution in [3.8, 4) is 17.5 Å². The number of ether oxygens (including phenoxy) is 1. The van der Waals surface area contributed by atoms with Crippen molar-refractivity contribution in [2.45, 2.75) is 19.5 Å². The van der Waals surface area contributed by atoms with Crippen LogP contribution in [0.4, 0.5) is 13.2 Å². The smallest absolute Gasteiger partial charge is 0.314 e. The summed E-state index contributed by atoms with van der Waals surface area (Å²) in [6.07, 6.45) is -5.90. The number of methoxy groups -OCH3 is 1. The topological polar surface area (TPSA) is 81.3 Å². The van der Waals surface area contributed by atoms with E-state index >= 15 is 0 Å². The Kier molecular flexibility index (Phi) is 9.33. The zero-order chi connectivity index (χ0) is 16.8. The largest absolute Gasteiger partial charge is 0.527 e. The van der Waals surface area contributed by atoms with Crippen LogP contribution in [0.15, 0.2) is 22.6 Å². The summed E-state index contributed by atoms with van der Waals surface area (Å²) < 4.78 is 46.2. The van der Waals surface area contributed by atoms with Gasteiger partial charge in [-0.1, -0.05) is 19.1 Å². The van der Waals surface area contributed by atoms with Gasteiger partial charge in [0.05, 0.1) is 7.11 Å². The van der Waals surface area contributed by atoms with Crippen molar-refractivity contribution in [2.75, 3.05) is 7.11 Å². The van der Waals surface area contributed by atoms with E-state index in [0.717, 1.165) is 6.42 Å². The molecule has 0 bridgehead atoms. The Morgan fingerprint density at radius 1 is 1.35 bits per heavy atom. The molecule has 1 radical (unpaired) electrons. The molecule has 10 heteroatoms. The fourth-order valence-electron chi connectivity index (χ4n) is 1.19. The van der Waals surface area contributed by atoms with E-state index < -0.39 is 18.2 Å². The quantitative estimate of drug-likeness (QED) is 0.789. The van der Waals surface area contributed by atoms with Gasteiger partial charge in [-0.15, -0.1) is 10.2 Å². The molecule has 2 aromatic heterocycles. The molecule has 0 atom stereocenters. The second-order valence-corrected chi connectivity index (χ2v) is 3.82. The molecule has 0 fully saturated rings. The summed E-state index contributed by atoms with van der Waals surface area (Å²) >= 11 is 0. The van der Waals surface area contributed by atoms with Crippen LogP contribution in [0.2, 0.25) is 0 Å². The van der Waals surface area contributed by atoms with Crippen LogP contribution in [0.5, 0.6) is 5.88 Å². The molecule has 2 rings (SSSR count). The predicted octanol–water partition coefficient (Wildman–Crippen LogP) is 3.18. The standard InChI is InChI=1S/C10H7F3N3O3.C3H7.Y/c1-18-6-4-2-3-5(14-6)8-15-16-9(19-8)7(17)10(11,12)13;1-3-2;/h2-4,17H,1H3;1,3H2,2H3;/q2*-1;. The summed E-state index contributed by atoms with van der Waals surface area (Å²) in [7, 11) is 1.38. The Labute approximate surface area is 156 Å². The van der Waals surface area contributed by atoms with Gasteiger partial charge in [-0.2, -0.15) is 6.42 Å². The van der Waals surface area contributed by atoms with Gasteiger partial charge < -0.3 is 21.2 Å². The number of alkyl halides is 3. The fourth-order valence-corrected chi connectivity index (χ4v) is 1.19. The summed E-state index contributed by atoms with van der Waals surface area (Å²) in [6.45, 7) is 5.50. The molecule has 0 aliphatic rings. The monoisotopic (exact) mass is 406 g/mol. The summed E-state index contributed by atoms with van der Waals surface area (Å²) in [5.41, 5.74) is 0.132. The molecule has 2 aromatic rings. The van der Waals surface area contributed by atoms with Gasteiger partial charge in [0, 0.05) is 38.8 Å². The zero-order valence-corrected chi connectivity index (χ0v) is 15.3. The van der Waals surface area contributed by atoms with Crippen molar-refractivity contribution in [3.63, 3.8) is 0 Å². The molecule has 23 heavy (non-hydrogen) atoms. The number of rotatable bonds is 3. The molecule has 2 heterocycles. The van der Waals surface area contributed by atoms with E-state index in [0.29, 0.717) is 0 Å². The maximum Gasteiger partial charge on any atom is 0.314 e. The molecular weight excluding hydrogens is 392 g/mol. The van der Waals surface area contributed by atoms with Crippen LogP contribution >= 0.6 is 0 Å². The van der Waals surface area contributed by atoms with E-state index in [1.165, 1.54) is 13.2 Å². The molecular formula is C13H14F3N3O3Y-2. The number of aliphatic hydroxyl groups excluding tert-OH is 1. The number of hydrogen-bond acceptors (Lipinski definition) is 6. The molecule has 0 saturated carbocycles. The third kappa shape index (κ3) is 6.44. The normalized spacial score (nSPS) is 10.2. The van der Waals surface area contributed by atoms with Crippen LogP contribution in [0, 0.1) is 13.0 Å². The Balaban J connectivity index is 0.00000112. The fraction of sp³-hybridized carbons (Fsp3) is 0.308. The van der Waals surface area contributed by atoms with Crippen molar-refractivity contribution in [1.82, 2.24) is 15.2 Å². The minimum absolute atomic E-state index is 0. The Hall–Kier alpha value is -1.19. The molecule has 6 nitrogen and oxygen atoms in total. The molecule has 0 unspecified atom stereocenters. The number of halogens is 3. The zero-order valence-electron chi connectivity index (χ0n) is 12.5. The SMILES string of the molecule is COc1cccc(-c2nnc([C-](O)C(F)(F)F)o2)n1.[CH2-]CC.[Y]. The molecule has 0 amide bonds. The van der Waals surface area contributed by atoms with Gasteiger partial charge in [0.2, 0.25) is 5.88 Å². The van der Waals surface area contributed by atoms with E-state index in [2.05, 4.69) is 22.1 Å². The van der Waals surface area contributed by atoms with Crippen LogP contribution < -0.4 is 4.74 Å². The van der Waals surface area contributed by atoms with E-state index in [1.54, 1.807) is 12.1 Å². The average Bonchev–Trinajstić information content (AvgIpc) is 2.96. The molecule has 1 N–H and O–H groups in total. The van der Waals surface area contributed by atoms with Crippen LogP contribution in [-0.4, -0.2) is 33.6 Å². The van der Waals surface area contributed by atoms with E-state index in [9.17, 15) is 13.2 Å². The Morgan fingerprint density at radius 3 is 2.48 bits per heavy atom. The van der Waals surface area contributed by atoms with Gasteiger partial charge in [0.25, 0.3) is 5.89 Å². The van der Waals surface area contributed by atoms with Gasteiger partial charge in [-0.25, -0.2) is 18.2 Å². The molecule has 0 aromatic carbocycles. The maximum atomic E-state index is 12.2. The van der Waals surface area contributed by atoms with E-state index in [-0.39, 0.29) is 50.2 Å². The number of hydrogen-bond donors (Lipinski definition) is 1. The second-order valence-electron chi connectivity index (χ2n) is 3.82. The number of aliphatic hydroxyl groups is 1. The van der Waals surface area contributed by atoms with Gasteiger partial charge >= 0.3 is 6.18 Å². The molecule has 125 valence electrons. The minimum atomic E-state index is -4.95. The number of nitrogens with zero attached hydrogens (tertiary/aromatic N) is 3. The van der Waals surface area contributed by atoms with Gasteiger partial charge in [0.1, 0.15) is 11.6 Å². The van der Waals surface area contributed by atoms with Crippen LogP contribution in [0.25, 0.3) is 11.6 Å². The van der Waals surface area contributed by atoms with Crippen molar-refractivity contribution < 1.29 is 60.1 Å². The van der Waals surface area contributed by atoms with Crippen molar-refractivity contribution >= 4 is 0 Å². The third-order valence-electron chi connectivity index (χ3n) is 2.05. The van der Waals surface area contributed by atoms with Crippen molar-refractivity contribution in [2.24, 2.45) is 0 Å². The average molecular weight is 406 g/mol. The first kappa shape index (κ1) is 21.8. The van der Waals surface area contributed by atoms with Crippen molar-refractivity contribution in [1.29, 1.82) is 0 Å². The third-order valence-corrected chi connectivity index (χ3v) is 2.05. The summed E-state index contributed by atoms with van der Waals surface area (Å²) in [5, 5.41) is 15.4. The second kappa shape index (κ2) is 9.84. The first-order valence-corrected chi connectivity index (χ1v) is 6.11. The summed E-state index contributed by atoms with van der Waals surface area (Å²) in [6, 6.07) is 4.54. The van der Waals surface area contributed by atoms with Crippen LogP contribution in [0.1, 0.15) is 19.2 Å². The van der Waals surface area contributed by atoms with Crippen molar-refractivity contribution in [3.05, 3.63) is 37.1 Å². The maximum absolute atomic E-state index is 12.2. The van der Waals surface area contributed by atoms with E-state index in [4.69, 9.17) is 14.3 Å². The predicted molar refractivity (Wildman–Crippen MR) is 70.1 cm³/mol. The minimum Gasteiger partial charge on any atom is -0.527 e. The van der Waals surface area contributed by atoms with Gasteiger partial charge in [0.15, 0.2) is 0 Å². The number of aromatic nitrogens is 3. The van der Waals surface area contributed by atoms with Crippen LogP contribution in [0.3, 0.4) is 0 Å². The molecule has 0 spiro atoms. The summed E-state index contributed by atoms with van der Waals surface area (Å²) in [5.74, 6) is -1.04. The molecule has 0 aliphatic carbocycles. The number of pyridine rings is 1. The van der Waals surface area contributed by atoms with Crippen LogP contribution in [-0.2, 0) is 32.7 Å². The first-order valence-electron chi connectivity index (χ1n) is 6.11. The van der Waals surface area contributed by atoms with Gasteiger partial charge in [-0.3, -0.25) is 0 Å². The Bertz CT molecular complexity index is 593. The molecule has 0 saturated heterocycles. The van der Waals surface area contributed by atoms with Gasteiger partial charge in [-0.05, 0) is 6.07 Å². The molecule has 0 aliphatic heterocycles. The van der Waals surface area contributed by atoms with E-state index in [1.807, 2.05) is 6.92 Å². The first-order chi connectivity index (χ1) is 10.3.